The molecule has 2 atom stereocenters. The van der Waals surface area contributed by atoms with Gasteiger partial charge in [-0.3, -0.25) is 9.59 Å². The molecule has 1 aromatic carbocycles. The SMILES string of the molecule is CC(C)Oc1ccc(C(C)NC(=O)CNC(=O)[C@@H](N)C(C)C)cc1. The van der Waals surface area contributed by atoms with Gasteiger partial charge in [0, 0.05) is 0 Å². The highest BCUT2D eigenvalue weighted by Crippen LogP contribution is 2.18. The minimum atomic E-state index is -0.608. The largest absolute Gasteiger partial charge is 0.491 e. The van der Waals surface area contributed by atoms with Crippen LogP contribution in [0.15, 0.2) is 24.3 Å². The van der Waals surface area contributed by atoms with Crippen molar-refractivity contribution >= 4 is 11.8 Å². The molecule has 2 amide bonds. The third-order valence-corrected chi connectivity index (χ3v) is 3.57. The molecule has 0 saturated heterocycles. The average molecular weight is 335 g/mol. The van der Waals surface area contributed by atoms with Crippen LogP contribution in [0, 0.1) is 5.92 Å². The Hall–Kier alpha value is -2.08. The summed E-state index contributed by atoms with van der Waals surface area (Å²) < 4.78 is 5.59. The van der Waals surface area contributed by atoms with Gasteiger partial charge in [0.15, 0.2) is 0 Å². The lowest BCUT2D eigenvalue weighted by Gasteiger charge is -2.18. The third kappa shape index (κ3) is 6.58. The van der Waals surface area contributed by atoms with Gasteiger partial charge in [-0.2, -0.15) is 0 Å². The van der Waals surface area contributed by atoms with E-state index in [2.05, 4.69) is 10.6 Å². The Labute approximate surface area is 144 Å². The molecule has 6 nitrogen and oxygen atoms in total. The lowest BCUT2D eigenvalue weighted by molar-refractivity contribution is -0.127. The first-order valence-corrected chi connectivity index (χ1v) is 8.30. The van der Waals surface area contributed by atoms with Crippen molar-refractivity contribution < 1.29 is 14.3 Å². The number of amides is 2. The van der Waals surface area contributed by atoms with Gasteiger partial charge in [-0.15, -0.1) is 0 Å². The molecule has 0 fully saturated rings. The van der Waals surface area contributed by atoms with Crippen LogP contribution in [0.4, 0.5) is 0 Å². The predicted molar refractivity (Wildman–Crippen MR) is 94.6 cm³/mol. The molecule has 4 N–H and O–H groups in total. The molecule has 0 heterocycles. The van der Waals surface area contributed by atoms with Gasteiger partial charge in [0.05, 0.1) is 24.7 Å². The Kier molecular flexibility index (Phi) is 7.71. The van der Waals surface area contributed by atoms with Crippen molar-refractivity contribution in [2.45, 2.75) is 52.8 Å². The predicted octanol–water partition coefficient (Wildman–Crippen LogP) is 1.75. The third-order valence-electron chi connectivity index (χ3n) is 3.57. The minimum absolute atomic E-state index is 0.0264. The maximum absolute atomic E-state index is 11.9. The minimum Gasteiger partial charge on any atom is -0.491 e. The highest BCUT2D eigenvalue weighted by Gasteiger charge is 2.18. The van der Waals surface area contributed by atoms with Crippen LogP contribution in [0.2, 0.25) is 0 Å². The van der Waals surface area contributed by atoms with Crippen molar-refractivity contribution in [1.29, 1.82) is 0 Å². The summed E-state index contributed by atoms with van der Waals surface area (Å²) in [6, 6.07) is 6.80. The van der Waals surface area contributed by atoms with E-state index in [1.807, 2.05) is 58.9 Å². The molecule has 1 unspecified atom stereocenters. The fraction of sp³-hybridized carbons (Fsp3) is 0.556. The summed E-state index contributed by atoms with van der Waals surface area (Å²) in [6.45, 7) is 9.46. The molecule has 0 saturated carbocycles. The summed E-state index contributed by atoms with van der Waals surface area (Å²) in [5.41, 5.74) is 6.69. The number of hydrogen-bond donors (Lipinski definition) is 3. The molecular weight excluding hydrogens is 306 g/mol. The van der Waals surface area contributed by atoms with E-state index in [0.717, 1.165) is 11.3 Å². The number of nitrogens with two attached hydrogens (primary N) is 1. The molecule has 0 spiro atoms. The number of rotatable bonds is 8. The van der Waals surface area contributed by atoms with Crippen molar-refractivity contribution in [2.24, 2.45) is 11.7 Å². The van der Waals surface area contributed by atoms with Crippen LogP contribution in [-0.4, -0.2) is 30.5 Å². The summed E-state index contributed by atoms with van der Waals surface area (Å²) in [5.74, 6) is 0.248. The molecule has 0 aliphatic rings. The van der Waals surface area contributed by atoms with E-state index in [0.29, 0.717) is 0 Å². The fourth-order valence-corrected chi connectivity index (χ4v) is 2.07. The van der Waals surface area contributed by atoms with Gasteiger partial charge in [0.1, 0.15) is 5.75 Å². The molecular formula is C18H29N3O3. The van der Waals surface area contributed by atoms with Gasteiger partial charge in [-0.25, -0.2) is 0 Å². The summed E-state index contributed by atoms with van der Waals surface area (Å²) in [6.07, 6.45) is 0.119. The van der Waals surface area contributed by atoms with E-state index in [1.165, 1.54) is 0 Å². The molecule has 0 bridgehead atoms. The molecule has 0 aliphatic carbocycles. The number of hydrogen-bond acceptors (Lipinski definition) is 4. The maximum Gasteiger partial charge on any atom is 0.239 e. The van der Waals surface area contributed by atoms with Crippen molar-refractivity contribution in [3.63, 3.8) is 0 Å². The first kappa shape index (κ1) is 20.0. The van der Waals surface area contributed by atoms with Crippen LogP contribution < -0.4 is 21.1 Å². The average Bonchev–Trinajstić information content (AvgIpc) is 2.51. The summed E-state index contributed by atoms with van der Waals surface area (Å²) in [4.78, 5) is 23.7. The maximum atomic E-state index is 11.9. The topological polar surface area (TPSA) is 93.5 Å². The van der Waals surface area contributed by atoms with Crippen LogP contribution in [-0.2, 0) is 9.59 Å². The zero-order valence-corrected chi connectivity index (χ0v) is 15.1. The van der Waals surface area contributed by atoms with Crippen molar-refractivity contribution in [1.82, 2.24) is 10.6 Å². The highest BCUT2D eigenvalue weighted by molar-refractivity contribution is 5.87. The first-order valence-electron chi connectivity index (χ1n) is 8.30. The summed E-state index contributed by atoms with van der Waals surface area (Å²) >= 11 is 0. The van der Waals surface area contributed by atoms with E-state index in [1.54, 1.807) is 0 Å². The second-order valence-electron chi connectivity index (χ2n) is 6.51. The molecule has 0 aliphatic heterocycles. The standard InChI is InChI=1S/C18H29N3O3/c1-11(2)17(19)18(23)20-10-16(22)21-13(5)14-6-8-15(9-7-14)24-12(3)4/h6-9,11-13,17H,10,19H2,1-5H3,(H,20,23)(H,21,22)/t13?,17-/m0/s1. The quantitative estimate of drug-likeness (QED) is 0.675. The van der Waals surface area contributed by atoms with E-state index >= 15 is 0 Å². The fourth-order valence-electron chi connectivity index (χ4n) is 2.07. The van der Waals surface area contributed by atoms with Crippen molar-refractivity contribution in [3.05, 3.63) is 29.8 Å². The Morgan fingerprint density at radius 2 is 1.67 bits per heavy atom. The van der Waals surface area contributed by atoms with Crippen LogP contribution >= 0.6 is 0 Å². The van der Waals surface area contributed by atoms with Gasteiger partial charge in [0.2, 0.25) is 11.8 Å². The molecule has 134 valence electrons. The molecule has 0 aromatic heterocycles. The van der Waals surface area contributed by atoms with Crippen molar-refractivity contribution in [2.75, 3.05) is 6.54 Å². The molecule has 1 rings (SSSR count). The van der Waals surface area contributed by atoms with Gasteiger partial charge in [0.25, 0.3) is 0 Å². The Morgan fingerprint density at radius 3 is 2.17 bits per heavy atom. The second kappa shape index (κ2) is 9.27. The van der Waals surface area contributed by atoms with Crippen LogP contribution in [0.25, 0.3) is 0 Å². The smallest absolute Gasteiger partial charge is 0.239 e. The number of nitrogens with one attached hydrogen (secondary N) is 2. The number of carbonyl (C=O) groups is 2. The zero-order valence-electron chi connectivity index (χ0n) is 15.1. The van der Waals surface area contributed by atoms with Crippen LogP contribution in [0.1, 0.15) is 46.2 Å². The number of ether oxygens (including phenoxy) is 1. The first-order chi connectivity index (χ1) is 11.2. The molecule has 6 heteroatoms. The van der Waals surface area contributed by atoms with Crippen LogP contribution in [0.5, 0.6) is 5.75 Å². The Morgan fingerprint density at radius 1 is 1.08 bits per heavy atom. The van der Waals surface area contributed by atoms with E-state index in [-0.39, 0.29) is 36.4 Å². The summed E-state index contributed by atoms with van der Waals surface area (Å²) in [5, 5.41) is 5.40. The van der Waals surface area contributed by atoms with Gasteiger partial charge < -0.3 is 21.1 Å². The number of benzene rings is 1. The van der Waals surface area contributed by atoms with Gasteiger partial charge in [-0.05, 0) is 44.4 Å². The van der Waals surface area contributed by atoms with E-state index in [9.17, 15) is 9.59 Å². The monoisotopic (exact) mass is 335 g/mol. The Bertz CT molecular complexity index is 541. The van der Waals surface area contributed by atoms with Crippen LogP contribution in [0.3, 0.4) is 0 Å². The second-order valence-corrected chi connectivity index (χ2v) is 6.51. The lowest BCUT2D eigenvalue weighted by Crippen LogP contribution is -2.47. The van der Waals surface area contributed by atoms with Gasteiger partial charge in [-0.1, -0.05) is 26.0 Å². The molecule has 0 radical (unpaired) electrons. The molecule has 24 heavy (non-hydrogen) atoms. The molecule has 1 aromatic rings. The Balaban J connectivity index is 2.47. The van der Waals surface area contributed by atoms with Crippen molar-refractivity contribution in [3.8, 4) is 5.75 Å². The van der Waals surface area contributed by atoms with E-state index in [4.69, 9.17) is 10.5 Å². The normalized spacial score (nSPS) is 13.5. The van der Waals surface area contributed by atoms with E-state index < -0.39 is 6.04 Å². The summed E-state index contributed by atoms with van der Waals surface area (Å²) in [7, 11) is 0. The highest BCUT2D eigenvalue weighted by atomic mass is 16.5. The zero-order chi connectivity index (χ0) is 18.3. The lowest BCUT2D eigenvalue weighted by atomic mass is 10.1. The van der Waals surface area contributed by atoms with Gasteiger partial charge >= 0.3 is 0 Å². The number of carbonyl (C=O) groups excluding carboxylic acids is 2.